The molecule has 2 aliphatic rings. The lowest BCUT2D eigenvalue weighted by Gasteiger charge is -2.36. The number of carboxylic acids is 1. The van der Waals surface area contributed by atoms with E-state index < -0.39 is 5.97 Å². The molecule has 0 atom stereocenters. The number of nitrogens with one attached hydrogen (secondary N) is 1. The lowest BCUT2D eigenvalue weighted by atomic mass is 9.81. The van der Waals surface area contributed by atoms with Crippen molar-refractivity contribution in [1.82, 2.24) is 9.88 Å². The van der Waals surface area contributed by atoms with Gasteiger partial charge in [0.1, 0.15) is 0 Å². The Bertz CT molecular complexity index is 796. The van der Waals surface area contributed by atoms with Crippen LogP contribution in [0.25, 0.3) is 10.9 Å². The summed E-state index contributed by atoms with van der Waals surface area (Å²) >= 11 is 0. The fourth-order valence-electron chi connectivity index (χ4n) is 4.69. The highest BCUT2D eigenvalue weighted by molar-refractivity contribution is 5.84. The van der Waals surface area contributed by atoms with E-state index in [2.05, 4.69) is 29.4 Å². The number of hydrogen-bond acceptors (Lipinski definition) is 2. The molecule has 1 aromatic carbocycles. The number of fused-ring (bicyclic) bond motifs is 1. The zero-order chi connectivity index (χ0) is 18.1. The van der Waals surface area contributed by atoms with E-state index in [0.29, 0.717) is 18.8 Å². The number of carboxylic acid groups (broad SMARTS) is 1. The van der Waals surface area contributed by atoms with Crippen molar-refractivity contribution in [2.24, 2.45) is 11.8 Å². The number of aromatic nitrogens is 1. The van der Waals surface area contributed by atoms with Gasteiger partial charge >= 0.3 is 5.97 Å². The second kappa shape index (κ2) is 7.14. The van der Waals surface area contributed by atoms with Crippen LogP contribution < -0.4 is 0 Å². The maximum atomic E-state index is 12.8. The predicted octanol–water partition coefficient (Wildman–Crippen LogP) is 3.76. The molecule has 2 heterocycles. The molecule has 1 saturated heterocycles. The van der Waals surface area contributed by atoms with Crippen molar-refractivity contribution >= 4 is 22.8 Å². The number of carbonyl (C=O) groups excluding carboxylic acids is 1. The molecule has 0 radical (unpaired) electrons. The number of rotatable bonds is 3. The molecule has 1 aromatic heterocycles. The van der Waals surface area contributed by atoms with E-state index in [0.717, 1.165) is 38.8 Å². The number of benzene rings is 1. The first kappa shape index (κ1) is 17.1. The van der Waals surface area contributed by atoms with Gasteiger partial charge < -0.3 is 15.0 Å². The monoisotopic (exact) mass is 354 g/mol. The maximum absolute atomic E-state index is 12.8. The summed E-state index contributed by atoms with van der Waals surface area (Å²) in [6.07, 6.45) is 6.83. The van der Waals surface area contributed by atoms with Crippen molar-refractivity contribution in [2.75, 3.05) is 13.1 Å². The summed E-state index contributed by atoms with van der Waals surface area (Å²) in [7, 11) is 0. The van der Waals surface area contributed by atoms with Crippen LogP contribution in [0, 0.1) is 11.8 Å². The van der Waals surface area contributed by atoms with Crippen molar-refractivity contribution < 1.29 is 14.7 Å². The number of H-pyrrole nitrogens is 1. The van der Waals surface area contributed by atoms with Crippen molar-refractivity contribution in [1.29, 1.82) is 0 Å². The molecule has 1 saturated carbocycles. The lowest BCUT2D eigenvalue weighted by Crippen LogP contribution is -2.42. The fraction of sp³-hybridized carbons (Fsp3) is 0.524. The molecular weight excluding hydrogens is 328 g/mol. The number of aromatic amines is 1. The van der Waals surface area contributed by atoms with Crippen LogP contribution in [0.2, 0.25) is 0 Å². The van der Waals surface area contributed by atoms with E-state index in [1.165, 1.54) is 16.5 Å². The van der Waals surface area contributed by atoms with Gasteiger partial charge in [0.25, 0.3) is 0 Å². The minimum Gasteiger partial charge on any atom is -0.481 e. The third kappa shape index (κ3) is 3.22. The Labute approximate surface area is 153 Å². The molecule has 0 spiro atoms. The van der Waals surface area contributed by atoms with Crippen molar-refractivity contribution in [3.05, 3.63) is 36.0 Å². The van der Waals surface area contributed by atoms with Crippen LogP contribution in [0.4, 0.5) is 0 Å². The van der Waals surface area contributed by atoms with Crippen molar-refractivity contribution in [3.8, 4) is 0 Å². The zero-order valence-electron chi connectivity index (χ0n) is 15.0. The molecule has 2 N–H and O–H groups in total. The van der Waals surface area contributed by atoms with E-state index in [9.17, 15) is 9.59 Å². The molecule has 1 amide bonds. The molecule has 0 unspecified atom stereocenters. The summed E-state index contributed by atoms with van der Waals surface area (Å²) in [6, 6.07) is 8.39. The van der Waals surface area contributed by atoms with Crippen LogP contribution in [0.3, 0.4) is 0 Å². The summed E-state index contributed by atoms with van der Waals surface area (Å²) < 4.78 is 0. The molecule has 5 heteroatoms. The predicted molar refractivity (Wildman–Crippen MR) is 99.9 cm³/mol. The van der Waals surface area contributed by atoms with E-state index in [4.69, 9.17) is 5.11 Å². The number of amides is 1. The number of hydrogen-bond donors (Lipinski definition) is 2. The number of piperidine rings is 1. The number of carbonyl (C=O) groups is 2. The second-order valence-corrected chi connectivity index (χ2v) is 7.78. The first-order valence-electron chi connectivity index (χ1n) is 9.71. The van der Waals surface area contributed by atoms with Gasteiger partial charge in [-0.1, -0.05) is 18.2 Å². The van der Waals surface area contributed by atoms with Gasteiger partial charge in [-0.25, -0.2) is 0 Å². The molecule has 0 bridgehead atoms. The highest BCUT2D eigenvalue weighted by atomic mass is 16.4. The van der Waals surface area contributed by atoms with Gasteiger partial charge in [0, 0.05) is 36.1 Å². The van der Waals surface area contributed by atoms with Gasteiger partial charge in [-0.05, 0) is 56.1 Å². The third-order valence-electron chi connectivity index (χ3n) is 6.29. The second-order valence-electron chi connectivity index (χ2n) is 7.78. The van der Waals surface area contributed by atoms with Gasteiger partial charge in [0.15, 0.2) is 0 Å². The van der Waals surface area contributed by atoms with E-state index in [-0.39, 0.29) is 17.7 Å². The number of para-hydroxylation sites is 1. The van der Waals surface area contributed by atoms with Crippen LogP contribution in [0.5, 0.6) is 0 Å². The largest absolute Gasteiger partial charge is 0.481 e. The topological polar surface area (TPSA) is 73.4 Å². The van der Waals surface area contributed by atoms with Gasteiger partial charge in [-0.15, -0.1) is 0 Å². The minimum atomic E-state index is -0.713. The van der Waals surface area contributed by atoms with Crippen LogP contribution in [-0.2, 0) is 9.59 Å². The SMILES string of the molecule is O=C(O)C1CCC(C(=O)N2CCC(c3c[nH]c4ccccc34)CC2)CC1. The highest BCUT2D eigenvalue weighted by Crippen LogP contribution is 2.35. The average Bonchev–Trinajstić information content (AvgIpc) is 3.12. The Morgan fingerprint density at radius 3 is 2.31 bits per heavy atom. The standard InChI is InChI=1S/C21H26N2O3/c24-20(15-5-7-16(8-6-15)21(25)26)23-11-9-14(10-12-23)18-13-22-19-4-2-1-3-17(18)19/h1-4,13-16,22H,5-12H2,(H,25,26). The summed E-state index contributed by atoms with van der Waals surface area (Å²) in [5.74, 6) is -0.207. The van der Waals surface area contributed by atoms with Crippen molar-refractivity contribution in [3.63, 3.8) is 0 Å². The van der Waals surface area contributed by atoms with Crippen LogP contribution in [0.1, 0.15) is 50.0 Å². The van der Waals surface area contributed by atoms with E-state index in [1.54, 1.807) is 0 Å². The molecule has 4 rings (SSSR count). The fourth-order valence-corrected chi connectivity index (χ4v) is 4.69. The van der Waals surface area contributed by atoms with Crippen LogP contribution >= 0.6 is 0 Å². The molecule has 26 heavy (non-hydrogen) atoms. The Morgan fingerprint density at radius 1 is 0.962 bits per heavy atom. The molecule has 138 valence electrons. The minimum absolute atomic E-state index is 0.0234. The lowest BCUT2D eigenvalue weighted by molar-refractivity contribution is -0.146. The van der Waals surface area contributed by atoms with Crippen LogP contribution in [0.15, 0.2) is 30.5 Å². The van der Waals surface area contributed by atoms with Gasteiger partial charge in [-0.3, -0.25) is 9.59 Å². The summed E-state index contributed by atoms with van der Waals surface area (Å²) in [5.41, 5.74) is 2.55. The van der Waals surface area contributed by atoms with E-state index in [1.807, 2.05) is 11.0 Å². The molecule has 2 fully saturated rings. The quantitative estimate of drug-likeness (QED) is 0.881. The first-order valence-corrected chi connectivity index (χ1v) is 9.71. The van der Waals surface area contributed by atoms with Crippen LogP contribution in [-0.4, -0.2) is 40.0 Å². The molecule has 5 nitrogen and oxygen atoms in total. The normalized spacial score (nSPS) is 24.7. The smallest absolute Gasteiger partial charge is 0.306 e. The maximum Gasteiger partial charge on any atom is 0.306 e. The molecule has 1 aliphatic heterocycles. The third-order valence-corrected chi connectivity index (χ3v) is 6.29. The Balaban J connectivity index is 1.35. The zero-order valence-corrected chi connectivity index (χ0v) is 15.0. The van der Waals surface area contributed by atoms with E-state index >= 15 is 0 Å². The summed E-state index contributed by atoms with van der Waals surface area (Å²) in [4.78, 5) is 29.3. The summed E-state index contributed by atoms with van der Waals surface area (Å²) in [5, 5.41) is 10.4. The Hall–Kier alpha value is -2.30. The number of nitrogens with zero attached hydrogens (tertiary/aromatic N) is 1. The first-order chi connectivity index (χ1) is 12.6. The summed E-state index contributed by atoms with van der Waals surface area (Å²) in [6.45, 7) is 1.61. The van der Waals surface area contributed by atoms with Gasteiger partial charge in [0.05, 0.1) is 5.92 Å². The molecular formula is C21H26N2O3. The van der Waals surface area contributed by atoms with Crippen molar-refractivity contribution in [2.45, 2.75) is 44.4 Å². The number of aliphatic carboxylic acids is 1. The molecule has 1 aliphatic carbocycles. The number of likely N-dealkylation sites (tertiary alicyclic amines) is 1. The van der Waals surface area contributed by atoms with Gasteiger partial charge in [-0.2, -0.15) is 0 Å². The highest BCUT2D eigenvalue weighted by Gasteiger charge is 2.33. The Kier molecular flexibility index (Phi) is 4.70. The Morgan fingerprint density at radius 2 is 1.62 bits per heavy atom. The molecule has 2 aromatic rings. The average molecular weight is 354 g/mol. The van der Waals surface area contributed by atoms with Gasteiger partial charge in [0.2, 0.25) is 5.91 Å².